The molecule has 0 N–H and O–H groups in total. The Bertz CT molecular complexity index is 695. The molecular formula is C14H13N3S2. The van der Waals surface area contributed by atoms with Gasteiger partial charge in [-0.3, -0.25) is 0 Å². The normalized spacial score (nSPS) is 12.7. The van der Waals surface area contributed by atoms with Crippen molar-refractivity contribution in [1.29, 1.82) is 0 Å². The van der Waals surface area contributed by atoms with Crippen LogP contribution in [0.1, 0.15) is 22.9 Å². The molecule has 96 valence electrons. The van der Waals surface area contributed by atoms with E-state index < -0.39 is 0 Å². The number of aryl methyl sites for hydroxylation is 1. The van der Waals surface area contributed by atoms with Gasteiger partial charge in [0.25, 0.3) is 0 Å². The van der Waals surface area contributed by atoms with Crippen molar-refractivity contribution in [2.45, 2.75) is 24.1 Å². The standard InChI is InChI=1S/C14H13N3S2/c1-9-13(19-10(2)14-15-7-8-18-14)17-12-6-4-3-5-11(12)16-9/h3-8,10H,1-2H3/t10-/m1/s1. The summed E-state index contributed by atoms with van der Waals surface area (Å²) >= 11 is 3.40. The van der Waals surface area contributed by atoms with E-state index in [1.54, 1.807) is 23.1 Å². The third-order valence-corrected chi connectivity index (χ3v) is 5.08. The van der Waals surface area contributed by atoms with E-state index in [9.17, 15) is 0 Å². The summed E-state index contributed by atoms with van der Waals surface area (Å²) in [6, 6.07) is 7.97. The second kappa shape index (κ2) is 5.27. The SMILES string of the molecule is Cc1nc2ccccc2nc1S[C@H](C)c1nccs1. The molecule has 0 amide bonds. The van der Waals surface area contributed by atoms with Crippen LogP contribution < -0.4 is 0 Å². The molecule has 2 heterocycles. The lowest BCUT2D eigenvalue weighted by molar-refractivity contribution is 1.00. The Hall–Kier alpha value is -1.46. The molecule has 0 aliphatic carbocycles. The Morgan fingerprint density at radius 2 is 1.89 bits per heavy atom. The second-order valence-corrected chi connectivity index (χ2v) is 6.49. The maximum Gasteiger partial charge on any atom is 0.119 e. The first kappa shape index (κ1) is 12.6. The first-order valence-corrected chi connectivity index (χ1v) is 7.79. The minimum absolute atomic E-state index is 0.300. The van der Waals surface area contributed by atoms with Gasteiger partial charge < -0.3 is 0 Å². The maximum atomic E-state index is 4.70. The van der Waals surface area contributed by atoms with Gasteiger partial charge in [0.05, 0.1) is 22.0 Å². The molecule has 3 nitrogen and oxygen atoms in total. The Labute approximate surface area is 120 Å². The van der Waals surface area contributed by atoms with Crippen LogP contribution in [0.15, 0.2) is 40.9 Å². The summed E-state index contributed by atoms with van der Waals surface area (Å²) in [5.41, 5.74) is 2.88. The van der Waals surface area contributed by atoms with E-state index in [-0.39, 0.29) is 0 Å². The zero-order valence-corrected chi connectivity index (χ0v) is 12.3. The van der Waals surface area contributed by atoms with Gasteiger partial charge in [-0.05, 0) is 26.0 Å². The van der Waals surface area contributed by atoms with Crippen LogP contribution in [0, 0.1) is 6.92 Å². The highest BCUT2D eigenvalue weighted by atomic mass is 32.2. The first-order chi connectivity index (χ1) is 9.24. The molecule has 0 bridgehead atoms. The third-order valence-electron chi connectivity index (χ3n) is 2.79. The number of aromatic nitrogens is 3. The Kier molecular flexibility index (Phi) is 3.48. The predicted molar refractivity (Wildman–Crippen MR) is 80.7 cm³/mol. The zero-order chi connectivity index (χ0) is 13.2. The van der Waals surface area contributed by atoms with Gasteiger partial charge in [-0.1, -0.05) is 23.9 Å². The van der Waals surface area contributed by atoms with Crippen molar-refractivity contribution < 1.29 is 0 Å². The number of thioether (sulfide) groups is 1. The molecule has 0 radical (unpaired) electrons. The van der Waals surface area contributed by atoms with E-state index in [4.69, 9.17) is 4.98 Å². The minimum Gasteiger partial charge on any atom is -0.249 e. The molecule has 3 rings (SSSR count). The molecule has 0 aliphatic rings. The van der Waals surface area contributed by atoms with Gasteiger partial charge in [-0.2, -0.15) is 0 Å². The molecule has 0 saturated carbocycles. The number of para-hydroxylation sites is 2. The number of hydrogen-bond acceptors (Lipinski definition) is 5. The fraction of sp³-hybridized carbons (Fsp3) is 0.214. The smallest absolute Gasteiger partial charge is 0.119 e. The van der Waals surface area contributed by atoms with Crippen molar-refractivity contribution in [3.8, 4) is 0 Å². The average Bonchev–Trinajstić information content (AvgIpc) is 2.93. The van der Waals surface area contributed by atoms with Crippen molar-refractivity contribution in [3.05, 3.63) is 46.5 Å². The van der Waals surface area contributed by atoms with E-state index in [1.165, 1.54) is 0 Å². The van der Waals surface area contributed by atoms with Gasteiger partial charge in [-0.25, -0.2) is 15.0 Å². The van der Waals surface area contributed by atoms with E-state index in [0.29, 0.717) is 5.25 Å². The van der Waals surface area contributed by atoms with Crippen LogP contribution in [0.3, 0.4) is 0 Å². The van der Waals surface area contributed by atoms with Crippen LogP contribution in [-0.4, -0.2) is 15.0 Å². The summed E-state index contributed by atoms with van der Waals surface area (Å²) in [7, 11) is 0. The van der Waals surface area contributed by atoms with Gasteiger partial charge >= 0.3 is 0 Å². The van der Waals surface area contributed by atoms with E-state index >= 15 is 0 Å². The van der Waals surface area contributed by atoms with Crippen molar-refractivity contribution in [3.63, 3.8) is 0 Å². The van der Waals surface area contributed by atoms with Gasteiger partial charge in [0.1, 0.15) is 10.0 Å². The van der Waals surface area contributed by atoms with E-state index in [0.717, 1.165) is 26.8 Å². The lowest BCUT2D eigenvalue weighted by Gasteiger charge is -2.10. The highest BCUT2D eigenvalue weighted by molar-refractivity contribution is 7.99. The van der Waals surface area contributed by atoms with Crippen molar-refractivity contribution in [2.75, 3.05) is 0 Å². The molecule has 0 spiro atoms. The summed E-state index contributed by atoms with van der Waals surface area (Å²) in [5, 5.41) is 4.42. The van der Waals surface area contributed by atoms with E-state index in [2.05, 4.69) is 16.9 Å². The fourth-order valence-electron chi connectivity index (χ4n) is 1.84. The number of benzene rings is 1. The van der Waals surface area contributed by atoms with Crippen molar-refractivity contribution >= 4 is 34.1 Å². The topological polar surface area (TPSA) is 38.7 Å². The molecule has 0 unspecified atom stereocenters. The highest BCUT2D eigenvalue weighted by Gasteiger charge is 2.13. The minimum atomic E-state index is 0.300. The lowest BCUT2D eigenvalue weighted by Crippen LogP contribution is -1.95. The number of rotatable bonds is 3. The maximum absolute atomic E-state index is 4.70. The van der Waals surface area contributed by atoms with Gasteiger partial charge in [0.15, 0.2) is 0 Å². The van der Waals surface area contributed by atoms with Gasteiger partial charge in [0.2, 0.25) is 0 Å². The largest absolute Gasteiger partial charge is 0.249 e. The Morgan fingerprint density at radius 1 is 1.16 bits per heavy atom. The monoisotopic (exact) mass is 287 g/mol. The molecule has 19 heavy (non-hydrogen) atoms. The zero-order valence-electron chi connectivity index (χ0n) is 10.7. The third kappa shape index (κ3) is 2.62. The highest BCUT2D eigenvalue weighted by Crippen LogP contribution is 2.36. The number of nitrogens with zero attached hydrogens (tertiary/aromatic N) is 3. The first-order valence-electron chi connectivity index (χ1n) is 6.03. The average molecular weight is 287 g/mol. The molecule has 5 heteroatoms. The molecular weight excluding hydrogens is 274 g/mol. The molecule has 0 aliphatic heterocycles. The van der Waals surface area contributed by atoms with Crippen LogP contribution in [0.25, 0.3) is 11.0 Å². The van der Waals surface area contributed by atoms with Crippen LogP contribution >= 0.6 is 23.1 Å². The van der Waals surface area contributed by atoms with Crippen LogP contribution in [-0.2, 0) is 0 Å². The second-order valence-electron chi connectivity index (χ2n) is 4.23. The predicted octanol–water partition coefficient (Wildman–Crippen LogP) is 4.25. The summed E-state index contributed by atoms with van der Waals surface area (Å²) in [4.78, 5) is 13.7. The summed E-state index contributed by atoms with van der Waals surface area (Å²) < 4.78 is 0. The molecule has 1 atom stereocenters. The van der Waals surface area contributed by atoms with E-state index in [1.807, 2.05) is 42.8 Å². The summed E-state index contributed by atoms with van der Waals surface area (Å²) in [6.45, 7) is 4.16. The molecule has 2 aromatic heterocycles. The molecule has 3 aromatic rings. The Morgan fingerprint density at radius 3 is 2.58 bits per heavy atom. The summed E-state index contributed by atoms with van der Waals surface area (Å²) in [6.07, 6.45) is 1.84. The molecule has 0 saturated heterocycles. The number of thiazole rings is 1. The Balaban J connectivity index is 1.94. The number of fused-ring (bicyclic) bond motifs is 1. The fourth-order valence-corrected chi connectivity index (χ4v) is 3.59. The summed E-state index contributed by atoms with van der Waals surface area (Å²) in [5.74, 6) is 0. The van der Waals surface area contributed by atoms with Crippen LogP contribution in [0.2, 0.25) is 0 Å². The molecule has 1 aromatic carbocycles. The van der Waals surface area contributed by atoms with Crippen molar-refractivity contribution in [1.82, 2.24) is 15.0 Å². The van der Waals surface area contributed by atoms with Crippen molar-refractivity contribution in [2.24, 2.45) is 0 Å². The van der Waals surface area contributed by atoms with Gasteiger partial charge in [-0.15, -0.1) is 11.3 Å². The molecule has 0 fully saturated rings. The van der Waals surface area contributed by atoms with Crippen LogP contribution in [0.5, 0.6) is 0 Å². The quantitative estimate of drug-likeness (QED) is 0.675. The van der Waals surface area contributed by atoms with Crippen LogP contribution in [0.4, 0.5) is 0 Å². The van der Waals surface area contributed by atoms with Gasteiger partial charge in [0, 0.05) is 11.6 Å². The number of hydrogen-bond donors (Lipinski definition) is 0. The lowest BCUT2D eigenvalue weighted by atomic mass is 10.3.